The third-order valence-electron chi connectivity index (χ3n) is 3.02. The number of hydrogen-bond donors (Lipinski definition) is 0. The molecule has 0 fully saturated rings. The van der Waals surface area contributed by atoms with Crippen LogP contribution in [0.2, 0.25) is 0 Å². The van der Waals surface area contributed by atoms with E-state index in [0.717, 1.165) is 6.07 Å². The third kappa shape index (κ3) is 2.32. The summed E-state index contributed by atoms with van der Waals surface area (Å²) in [7, 11) is 1.65. The highest BCUT2D eigenvalue weighted by molar-refractivity contribution is 5.81. The molecule has 8 heteroatoms. The fraction of sp³-hybridized carbons (Fsp3) is 0.333. The molecule has 0 radical (unpaired) electrons. The fourth-order valence-corrected chi connectivity index (χ4v) is 2.16. The predicted molar refractivity (Wildman–Crippen MR) is 72.6 cm³/mol. The minimum atomic E-state index is -0.643. The van der Waals surface area contributed by atoms with E-state index in [1.165, 1.54) is 6.07 Å². The normalized spacial score (nSPS) is 16.9. The van der Waals surface area contributed by atoms with Crippen LogP contribution >= 0.6 is 0 Å². The first-order chi connectivity index (χ1) is 9.45. The van der Waals surface area contributed by atoms with Gasteiger partial charge in [-0.25, -0.2) is 0 Å². The molecule has 1 aromatic rings. The molecular formula is C12H13N3O5. The van der Waals surface area contributed by atoms with Gasteiger partial charge >= 0.3 is 0 Å². The molecule has 2 rings (SSSR count). The Labute approximate surface area is 114 Å². The monoisotopic (exact) mass is 279 g/mol. The number of anilines is 1. The van der Waals surface area contributed by atoms with Crippen molar-refractivity contribution in [2.45, 2.75) is 13.2 Å². The Morgan fingerprint density at radius 2 is 2.00 bits per heavy atom. The van der Waals surface area contributed by atoms with E-state index in [9.17, 15) is 20.2 Å². The van der Waals surface area contributed by atoms with Crippen LogP contribution in [0.25, 0.3) is 6.08 Å². The number of likely N-dealkylation sites (N-methyl/N-ethyl adjacent to an activating group) is 1. The molecule has 0 aliphatic carbocycles. The van der Waals surface area contributed by atoms with E-state index in [1.54, 1.807) is 24.1 Å². The van der Waals surface area contributed by atoms with Crippen molar-refractivity contribution in [3.05, 3.63) is 44.0 Å². The molecule has 0 bridgehead atoms. The molecule has 1 aliphatic rings. The molecule has 1 aliphatic heterocycles. The van der Waals surface area contributed by atoms with E-state index in [1.807, 2.05) is 6.92 Å². The zero-order chi connectivity index (χ0) is 14.9. The highest BCUT2D eigenvalue weighted by atomic mass is 16.6. The van der Waals surface area contributed by atoms with Gasteiger partial charge in [0.2, 0.25) is 0 Å². The first-order valence-corrected chi connectivity index (χ1v) is 5.95. The second kappa shape index (κ2) is 5.25. The average molecular weight is 279 g/mol. The van der Waals surface area contributed by atoms with Crippen LogP contribution in [-0.4, -0.2) is 29.7 Å². The number of nitro benzene ring substituents is 2. The summed E-state index contributed by atoms with van der Waals surface area (Å²) in [5.41, 5.74) is 0.153. The molecule has 0 aromatic heterocycles. The molecule has 0 spiro atoms. The van der Waals surface area contributed by atoms with Crippen molar-refractivity contribution in [3.8, 4) is 0 Å². The van der Waals surface area contributed by atoms with Crippen LogP contribution in [0.15, 0.2) is 18.2 Å². The molecule has 106 valence electrons. The van der Waals surface area contributed by atoms with E-state index >= 15 is 0 Å². The summed E-state index contributed by atoms with van der Waals surface area (Å²) >= 11 is 0. The standard InChI is InChI=1S/C12H13N3O5/c1-3-20-11-5-4-8-6-9(14(16)17)7-10(15(18)19)12(8)13(11)2/h4-7,11H,3H2,1-2H3. The molecular weight excluding hydrogens is 266 g/mol. The number of nitrogens with zero attached hydrogens (tertiary/aromatic N) is 3. The van der Waals surface area contributed by atoms with Gasteiger partial charge in [-0.15, -0.1) is 0 Å². The predicted octanol–water partition coefficient (Wildman–Crippen LogP) is 2.33. The molecule has 1 heterocycles. The average Bonchev–Trinajstić information content (AvgIpc) is 2.40. The van der Waals surface area contributed by atoms with Crippen LogP contribution in [0.5, 0.6) is 0 Å². The highest BCUT2D eigenvalue weighted by Crippen LogP contribution is 2.39. The van der Waals surface area contributed by atoms with Gasteiger partial charge in [-0.05, 0) is 13.0 Å². The highest BCUT2D eigenvalue weighted by Gasteiger charge is 2.30. The van der Waals surface area contributed by atoms with Gasteiger partial charge in [0.25, 0.3) is 11.4 Å². The number of fused-ring (bicyclic) bond motifs is 1. The first-order valence-electron chi connectivity index (χ1n) is 5.95. The van der Waals surface area contributed by atoms with Crippen LogP contribution < -0.4 is 4.90 Å². The third-order valence-corrected chi connectivity index (χ3v) is 3.02. The summed E-state index contributed by atoms with van der Waals surface area (Å²) in [4.78, 5) is 22.3. The van der Waals surface area contributed by atoms with Crippen molar-refractivity contribution < 1.29 is 14.6 Å². The summed E-state index contributed by atoms with van der Waals surface area (Å²) < 4.78 is 5.45. The lowest BCUT2D eigenvalue weighted by atomic mass is 10.0. The number of benzene rings is 1. The smallest absolute Gasteiger partial charge is 0.300 e. The van der Waals surface area contributed by atoms with Crippen molar-refractivity contribution in [1.29, 1.82) is 0 Å². The van der Waals surface area contributed by atoms with Gasteiger partial charge < -0.3 is 9.64 Å². The van der Waals surface area contributed by atoms with Crippen molar-refractivity contribution in [1.82, 2.24) is 0 Å². The van der Waals surface area contributed by atoms with E-state index in [2.05, 4.69) is 0 Å². The van der Waals surface area contributed by atoms with Gasteiger partial charge in [-0.2, -0.15) is 0 Å². The minimum Gasteiger partial charge on any atom is -0.355 e. The van der Waals surface area contributed by atoms with Gasteiger partial charge in [0.1, 0.15) is 11.9 Å². The van der Waals surface area contributed by atoms with Crippen molar-refractivity contribution >= 4 is 23.1 Å². The molecule has 8 nitrogen and oxygen atoms in total. The zero-order valence-corrected chi connectivity index (χ0v) is 11.0. The minimum absolute atomic E-state index is 0.300. The maximum atomic E-state index is 11.1. The van der Waals surface area contributed by atoms with E-state index in [4.69, 9.17) is 4.74 Å². The summed E-state index contributed by atoms with van der Waals surface area (Å²) in [6, 6.07) is 2.29. The Hall–Kier alpha value is -2.48. The number of ether oxygens (including phenoxy) is 1. The summed E-state index contributed by atoms with van der Waals surface area (Å²) in [5, 5.41) is 22.0. The van der Waals surface area contributed by atoms with Crippen molar-refractivity contribution in [2.24, 2.45) is 0 Å². The Balaban J connectivity index is 2.60. The zero-order valence-electron chi connectivity index (χ0n) is 11.0. The lowest BCUT2D eigenvalue weighted by Gasteiger charge is -2.31. The molecule has 1 aromatic carbocycles. The van der Waals surface area contributed by atoms with Gasteiger partial charge in [-0.1, -0.05) is 6.08 Å². The maximum absolute atomic E-state index is 11.1. The number of rotatable bonds is 4. The van der Waals surface area contributed by atoms with E-state index in [0.29, 0.717) is 17.9 Å². The Kier molecular flexibility index (Phi) is 3.66. The molecule has 0 saturated carbocycles. The summed E-state index contributed by atoms with van der Waals surface area (Å²) in [6.07, 6.45) is 2.89. The molecule has 0 saturated heterocycles. The van der Waals surface area contributed by atoms with Crippen molar-refractivity contribution in [3.63, 3.8) is 0 Å². The lowest BCUT2D eigenvalue weighted by molar-refractivity contribution is -0.393. The molecule has 0 N–H and O–H groups in total. The van der Waals surface area contributed by atoms with E-state index in [-0.39, 0.29) is 11.4 Å². The molecule has 1 atom stereocenters. The Bertz CT molecular complexity index is 599. The first kappa shape index (κ1) is 13.9. The van der Waals surface area contributed by atoms with Gasteiger partial charge in [0, 0.05) is 25.3 Å². The Morgan fingerprint density at radius 1 is 1.30 bits per heavy atom. The van der Waals surface area contributed by atoms with Crippen LogP contribution in [0.3, 0.4) is 0 Å². The van der Waals surface area contributed by atoms with Crippen LogP contribution in [0.1, 0.15) is 12.5 Å². The van der Waals surface area contributed by atoms with Crippen LogP contribution in [0.4, 0.5) is 17.1 Å². The van der Waals surface area contributed by atoms with Gasteiger partial charge in [0.05, 0.1) is 15.9 Å². The topological polar surface area (TPSA) is 98.8 Å². The quantitative estimate of drug-likeness (QED) is 0.619. The second-order valence-corrected chi connectivity index (χ2v) is 4.23. The van der Waals surface area contributed by atoms with Crippen molar-refractivity contribution in [2.75, 3.05) is 18.6 Å². The lowest BCUT2D eigenvalue weighted by Crippen LogP contribution is -2.35. The van der Waals surface area contributed by atoms with Gasteiger partial charge in [-0.3, -0.25) is 20.2 Å². The number of hydrogen-bond acceptors (Lipinski definition) is 6. The largest absolute Gasteiger partial charge is 0.355 e. The maximum Gasteiger partial charge on any atom is 0.300 e. The van der Waals surface area contributed by atoms with Crippen LogP contribution in [-0.2, 0) is 4.74 Å². The SMILES string of the molecule is CCOC1C=Cc2cc([N+](=O)[O-])cc([N+](=O)[O-])c2N1C. The molecule has 1 unspecified atom stereocenters. The van der Waals surface area contributed by atoms with Crippen LogP contribution in [0, 0.1) is 20.2 Å². The fourth-order valence-electron chi connectivity index (χ4n) is 2.16. The number of nitro groups is 2. The van der Waals surface area contributed by atoms with E-state index < -0.39 is 16.1 Å². The summed E-state index contributed by atoms with van der Waals surface area (Å²) in [5.74, 6) is 0. The Morgan fingerprint density at radius 3 is 2.55 bits per heavy atom. The number of non-ortho nitro benzene ring substituents is 1. The molecule has 0 amide bonds. The molecule has 20 heavy (non-hydrogen) atoms. The van der Waals surface area contributed by atoms with Gasteiger partial charge in [0.15, 0.2) is 0 Å². The summed E-state index contributed by atoms with van der Waals surface area (Å²) in [6.45, 7) is 2.27. The second-order valence-electron chi connectivity index (χ2n) is 4.23.